The Morgan fingerprint density at radius 2 is 2.47 bits per heavy atom. The molecule has 1 aromatic rings. The fourth-order valence-corrected chi connectivity index (χ4v) is 1.82. The van der Waals surface area contributed by atoms with Crippen molar-refractivity contribution in [2.24, 2.45) is 0 Å². The van der Waals surface area contributed by atoms with Crippen LogP contribution in [0.2, 0.25) is 5.15 Å². The topological polar surface area (TPSA) is 56.3 Å². The summed E-state index contributed by atoms with van der Waals surface area (Å²) in [4.78, 5) is 7.99. The molecular weight excluding hydrogens is 242 g/mol. The Balaban J connectivity index is 1.56. The van der Waals surface area contributed by atoms with Gasteiger partial charge in [-0.3, -0.25) is 4.98 Å². The molecular formula is C11H16ClN3O2. The summed E-state index contributed by atoms with van der Waals surface area (Å²) >= 11 is 5.71. The molecule has 1 unspecified atom stereocenters. The third-order valence-corrected chi connectivity index (χ3v) is 2.67. The van der Waals surface area contributed by atoms with Crippen molar-refractivity contribution in [1.29, 1.82) is 0 Å². The van der Waals surface area contributed by atoms with Crippen LogP contribution < -0.4 is 5.32 Å². The van der Waals surface area contributed by atoms with Gasteiger partial charge in [0.2, 0.25) is 0 Å². The fourth-order valence-electron chi connectivity index (χ4n) is 1.67. The van der Waals surface area contributed by atoms with E-state index in [9.17, 15) is 0 Å². The molecule has 1 aliphatic rings. The van der Waals surface area contributed by atoms with E-state index >= 15 is 0 Å². The van der Waals surface area contributed by atoms with Crippen LogP contribution in [0.1, 0.15) is 12.8 Å². The first-order valence-electron chi connectivity index (χ1n) is 5.75. The molecule has 5 nitrogen and oxygen atoms in total. The molecule has 2 rings (SSSR count). The Labute approximate surface area is 105 Å². The highest BCUT2D eigenvalue weighted by atomic mass is 35.5. The first-order chi connectivity index (χ1) is 8.34. The number of aromatic nitrogens is 2. The van der Waals surface area contributed by atoms with Crippen LogP contribution in [0.25, 0.3) is 0 Å². The van der Waals surface area contributed by atoms with E-state index in [1.165, 1.54) is 6.20 Å². The molecule has 0 amide bonds. The summed E-state index contributed by atoms with van der Waals surface area (Å²) in [6, 6.07) is 0. The third-order valence-electron chi connectivity index (χ3n) is 2.49. The SMILES string of the molecule is Clc1cncc(NCCOCC2CCCO2)n1. The van der Waals surface area contributed by atoms with Gasteiger partial charge in [-0.15, -0.1) is 0 Å². The van der Waals surface area contributed by atoms with Crippen molar-refractivity contribution in [3.63, 3.8) is 0 Å². The van der Waals surface area contributed by atoms with Gasteiger partial charge in [0.25, 0.3) is 0 Å². The first-order valence-corrected chi connectivity index (χ1v) is 6.13. The zero-order valence-corrected chi connectivity index (χ0v) is 10.3. The molecule has 1 atom stereocenters. The van der Waals surface area contributed by atoms with Gasteiger partial charge in [0.05, 0.1) is 31.7 Å². The Kier molecular flexibility index (Phi) is 4.97. The van der Waals surface area contributed by atoms with E-state index in [1.807, 2.05) is 0 Å². The molecule has 1 aliphatic heterocycles. The van der Waals surface area contributed by atoms with Crippen LogP contribution in [0.15, 0.2) is 12.4 Å². The van der Waals surface area contributed by atoms with Gasteiger partial charge in [-0.2, -0.15) is 0 Å². The van der Waals surface area contributed by atoms with Crippen molar-refractivity contribution >= 4 is 17.4 Å². The maximum Gasteiger partial charge on any atom is 0.149 e. The van der Waals surface area contributed by atoms with Crippen molar-refractivity contribution in [2.75, 3.05) is 31.7 Å². The van der Waals surface area contributed by atoms with Crippen LogP contribution in [0, 0.1) is 0 Å². The highest BCUT2D eigenvalue weighted by molar-refractivity contribution is 6.29. The quantitative estimate of drug-likeness (QED) is 0.787. The maximum absolute atomic E-state index is 5.71. The highest BCUT2D eigenvalue weighted by Gasteiger charge is 2.14. The van der Waals surface area contributed by atoms with Gasteiger partial charge in [-0.05, 0) is 12.8 Å². The fraction of sp³-hybridized carbons (Fsp3) is 0.636. The number of hydrogen-bond acceptors (Lipinski definition) is 5. The van der Waals surface area contributed by atoms with E-state index in [0.29, 0.717) is 30.7 Å². The molecule has 1 fully saturated rings. The smallest absolute Gasteiger partial charge is 0.149 e. The molecule has 0 saturated carbocycles. The van der Waals surface area contributed by atoms with Crippen LogP contribution in [0.5, 0.6) is 0 Å². The molecule has 0 aromatic carbocycles. The van der Waals surface area contributed by atoms with Crippen molar-refractivity contribution in [3.8, 4) is 0 Å². The van der Waals surface area contributed by atoms with E-state index in [4.69, 9.17) is 21.1 Å². The lowest BCUT2D eigenvalue weighted by Gasteiger charge is -2.10. The number of anilines is 1. The third kappa shape index (κ3) is 4.46. The molecule has 1 N–H and O–H groups in total. The molecule has 0 spiro atoms. The van der Waals surface area contributed by atoms with Gasteiger partial charge < -0.3 is 14.8 Å². The Hall–Kier alpha value is -0.910. The van der Waals surface area contributed by atoms with Gasteiger partial charge in [0.15, 0.2) is 0 Å². The molecule has 94 valence electrons. The van der Waals surface area contributed by atoms with Crippen molar-refractivity contribution < 1.29 is 9.47 Å². The summed E-state index contributed by atoms with van der Waals surface area (Å²) in [6.45, 7) is 2.84. The molecule has 1 saturated heterocycles. The van der Waals surface area contributed by atoms with Crippen molar-refractivity contribution in [1.82, 2.24) is 9.97 Å². The predicted molar refractivity (Wildman–Crippen MR) is 65.3 cm³/mol. The van der Waals surface area contributed by atoms with Crippen LogP contribution in [-0.4, -0.2) is 42.4 Å². The van der Waals surface area contributed by atoms with Gasteiger partial charge in [0.1, 0.15) is 11.0 Å². The summed E-state index contributed by atoms with van der Waals surface area (Å²) in [5, 5.41) is 3.47. The molecule has 17 heavy (non-hydrogen) atoms. The van der Waals surface area contributed by atoms with E-state index < -0.39 is 0 Å². The number of hydrogen-bond donors (Lipinski definition) is 1. The van der Waals surface area contributed by atoms with Crippen LogP contribution in [0.3, 0.4) is 0 Å². The monoisotopic (exact) mass is 257 g/mol. The summed E-state index contributed by atoms with van der Waals surface area (Å²) in [5.74, 6) is 0.665. The number of ether oxygens (including phenoxy) is 2. The zero-order valence-electron chi connectivity index (χ0n) is 9.56. The number of nitrogens with one attached hydrogen (secondary N) is 1. The summed E-state index contributed by atoms with van der Waals surface area (Å²) in [7, 11) is 0. The first kappa shape index (κ1) is 12.5. The Bertz CT molecular complexity index is 345. The van der Waals surface area contributed by atoms with E-state index in [-0.39, 0.29) is 6.10 Å². The van der Waals surface area contributed by atoms with E-state index in [2.05, 4.69) is 15.3 Å². The zero-order chi connectivity index (χ0) is 11.9. The lowest BCUT2D eigenvalue weighted by atomic mass is 10.2. The van der Waals surface area contributed by atoms with Gasteiger partial charge >= 0.3 is 0 Å². The minimum atomic E-state index is 0.279. The second-order valence-corrected chi connectivity index (χ2v) is 4.25. The molecule has 0 aliphatic carbocycles. The molecule has 0 bridgehead atoms. The van der Waals surface area contributed by atoms with Gasteiger partial charge in [-0.1, -0.05) is 11.6 Å². The van der Waals surface area contributed by atoms with E-state index in [0.717, 1.165) is 19.4 Å². The standard InChI is InChI=1S/C11H16ClN3O2/c12-10-6-13-7-11(15-10)14-3-5-16-8-9-2-1-4-17-9/h6-7,9H,1-5,8H2,(H,14,15). The average Bonchev–Trinajstić information content (AvgIpc) is 2.82. The number of halogens is 1. The molecule has 2 heterocycles. The Morgan fingerprint density at radius 3 is 3.24 bits per heavy atom. The molecule has 0 radical (unpaired) electrons. The van der Waals surface area contributed by atoms with Crippen molar-refractivity contribution in [3.05, 3.63) is 17.5 Å². The number of nitrogens with zero attached hydrogens (tertiary/aromatic N) is 2. The Morgan fingerprint density at radius 1 is 1.53 bits per heavy atom. The lowest BCUT2D eigenvalue weighted by Crippen LogP contribution is -2.18. The largest absolute Gasteiger partial charge is 0.377 e. The van der Waals surface area contributed by atoms with Crippen LogP contribution in [-0.2, 0) is 9.47 Å². The van der Waals surface area contributed by atoms with Gasteiger partial charge in [0, 0.05) is 13.2 Å². The summed E-state index contributed by atoms with van der Waals surface area (Å²) in [5.41, 5.74) is 0. The summed E-state index contributed by atoms with van der Waals surface area (Å²) < 4.78 is 10.9. The second kappa shape index (κ2) is 6.74. The second-order valence-electron chi connectivity index (χ2n) is 3.86. The minimum absolute atomic E-state index is 0.279. The lowest BCUT2D eigenvalue weighted by molar-refractivity contribution is 0.0206. The average molecular weight is 258 g/mol. The summed E-state index contributed by atoms with van der Waals surface area (Å²) in [6.07, 6.45) is 5.66. The number of rotatable bonds is 6. The highest BCUT2D eigenvalue weighted by Crippen LogP contribution is 2.11. The maximum atomic E-state index is 5.71. The van der Waals surface area contributed by atoms with Crippen molar-refractivity contribution in [2.45, 2.75) is 18.9 Å². The van der Waals surface area contributed by atoms with Crippen LogP contribution >= 0.6 is 11.6 Å². The van der Waals surface area contributed by atoms with E-state index in [1.54, 1.807) is 6.20 Å². The minimum Gasteiger partial charge on any atom is -0.377 e. The molecule has 1 aromatic heterocycles. The van der Waals surface area contributed by atoms with Gasteiger partial charge in [-0.25, -0.2) is 4.98 Å². The van der Waals surface area contributed by atoms with Crippen LogP contribution in [0.4, 0.5) is 5.82 Å². The molecule has 6 heteroatoms. The predicted octanol–water partition coefficient (Wildman–Crippen LogP) is 1.74. The normalized spacial score (nSPS) is 19.5.